The summed E-state index contributed by atoms with van der Waals surface area (Å²) in [5, 5.41) is 9.25. The molecule has 12 heteroatoms. The minimum atomic E-state index is -4.22. The molecule has 3 aromatic heterocycles. The monoisotopic (exact) mass is 535 g/mol. The average molecular weight is 536 g/mol. The second-order valence-electron chi connectivity index (χ2n) is 7.95. The van der Waals surface area contributed by atoms with Gasteiger partial charge in [0, 0.05) is 18.0 Å². The van der Waals surface area contributed by atoms with Gasteiger partial charge in [-0.25, -0.2) is 9.97 Å². The van der Waals surface area contributed by atoms with E-state index in [1.165, 1.54) is 32.7 Å². The molecule has 4 rings (SSSR count). The van der Waals surface area contributed by atoms with Crippen LogP contribution in [0.3, 0.4) is 0 Å². The van der Waals surface area contributed by atoms with Crippen LogP contribution in [0.25, 0.3) is 17.0 Å². The fraction of sp³-hybridized carbons (Fsp3) is 0.154. The lowest BCUT2D eigenvalue weighted by molar-refractivity contribution is 0.277. The molecule has 38 heavy (non-hydrogen) atoms. The first kappa shape index (κ1) is 26.5. The highest BCUT2D eigenvalue weighted by molar-refractivity contribution is 7.92. The number of hydrogen-bond acceptors (Lipinski definition) is 10. The van der Waals surface area contributed by atoms with Crippen molar-refractivity contribution in [2.75, 3.05) is 18.9 Å². The van der Waals surface area contributed by atoms with Crippen LogP contribution in [0.1, 0.15) is 18.2 Å². The number of nitrogens with one attached hydrogen (secondary N) is 1. The molecular formula is C26H25N5O6S. The molecule has 1 aromatic carbocycles. The number of pyridine rings is 2. The molecule has 0 aliphatic rings. The second kappa shape index (κ2) is 11.2. The predicted octanol–water partition coefficient (Wildman–Crippen LogP) is 4.07. The van der Waals surface area contributed by atoms with E-state index in [0.29, 0.717) is 22.6 Å². The van der Waals surface area contributed by atoms with Crippen molar-refractivity contribution >= 4 is 21.4 Å². The van der Waals surface area contributed by atoms with Crippen LogP contribution in [-0.4, -0.2) is 47.7 Å². The van der Waals surface area contributed by atoms with Gasteiger partial charge >= 0.3 is 0 Å². The quantitative estimate of drug-likeness (QED) is 0.305. The van der Waals surface area contributed by atoms with Crippen molar-refractivity contribution in [1.29, 1.82) is 0 Å². The van der Waals surface area contributed by atoms with E-state index in [-0.39, 0.29) is 40.7 Å². The van der Waals surface area contributed by atoms with E-state index in [9.17, 15) is 13.5 Å². The van der Waals surface area contributed by atoms with Crippen LogP contribution < -0.4 is 18.9 Å². The average Bonchev–Trinajstić information content (AvgIpc) is 2.94. The van der Waals surface area contributed by atoms with E-state index >= 15 is 0 Å². The maximum absolute atomic E-state index is 13.3. The largest absolute Gasteiger partial charge is 0.493 e. The van der Waals surface area contributed by atoms with Crippen LogP contribution in [0.4, 0.5) is 5.82 Å². The molecule has 196 valence electrons. The third-order valence-corrected chi connectivity index (χ3v) is 6.54. The SMILES string of the molecule is C=C(C)c1ccc(S(=O)(=O)Nc2nc(-c3ccnc(CO)c3)nc(OC)c2Oc2ccccc2OC)nc1. The van der Waals surface area contributed by atoms with Gasteiger partial charge < -0.3 is 19.3 Å². The zero-order valence-corrected chi connectivity index (χ0v) is 21.7. The number of rotatable bonds is 10. The van der Waals surface area contributed by atoms with Crippen molar-refractivity contribution in [2.45, 2.75) is 18.6 Å². The van der Waals surface area contributed by atoms with Gasteiger partial charge in [0.25, 0.3) is 15.9 Å². The van der Waals surface area contributed by atoms with Crippen LogP contribution in [0.5, 0.6) is 23.1 Å². The molecule has 0 atom stereocenters. The maximum atomic E-state index is 13.3. The highest BCUT2D eigenvalue weighted by Crippen LogP contribution is 2.41. The van der Waals surface area contributed by atoms with Gasteiger partial charge in [-0.1, -0.05) is 24.8 Å². The van der Waals surface area contributed by atoms with E-state index in [0.717, 1.165) is 5.57 Å². The number of nitrogens with zero attached hydrogens (tertiary/aromatic N) is 4. The van der Waals surface area contributed by atoms with Crippen molar-refractivity contribution in [3.05, 3.63) is 78.8 Å². The number of hydrogen-bond donors (Lipinski definition) is 2. The summed E-state index contributed by atoms with van der Waals surface area (Å²) in [5.74, 6) is 0.429. The Hall–Kier alpha value is -4.55. The molecule has 2 N–H and O–H groups in total. The molecule has 11 nitrogen and oxygen atoms in total. The smallest absolute Gasteiger partial charge is 0.280 e. The predicted molar refractivity (Wildman–Crippen MR) is 141 cm³/mol. The molecule has 0 saturated carbocycles. The summed E-state index contributed by atoms with van der Waals surface area (Å²) in [5.41, 5.74) is 2.29. The molecule has 0 radical (unpaired) electrons. The van der Waals surface area contributed by atoms with Gasteiger partial charge in [0.2, 0.25) is 5.75 Å². The fourth-order valence-corrected chi connectivity index (χ4v) is 4.28. The van der Waals surface area contributed by atoms with Gasteiger partial charge in [-0.05, 0) is 48.4 Å². The number of ether oxygens (including phenoxy) is 3. The van der Waals surface area contributed by atoms with Crippen molar-refractivity contribution < 1.29 is 27.7 Å². The Morgan fingerprint density at radius 3 is 2.42 bits per heavy atom. The minimum Gasteiger partial charge on any atom is -0.493 e. The second-order valence-corrected chi connectivity index (χ2v) is 9.58. The molecular weight excluding hydrogens is 510 g/mol. The summed E-state index contributed by atoms with van der Waals surface area (Å²) < 4.78 is 46.0. The molecule has 0 aliphatic carbocycles. The number of methoxy groups -OCH3 is 2. The summed E-state index contributed by atoms with van der Waals surface area (Å²) >= 11 is 0. The van der Waals surface area contributed by atoms with Gasteiger partial charge in [-0.15, -0.1) is 0 Å². The highest BCUT2D eigenvalue weighted by atomic mass is 32.2. The number of para-hydroxylation sites is 2. The molecule has 4 aromatic rings. The lowest BCUT2D eigenvalue weighted by Gasteiger charge is -2.17. The fourth-order valence-electron chi connectivity index (χ4n) is 3.35. The lowest BCUT2D eigenvalue weighted by Crippen LogP contribution is -2.17. The van der Waals surface area contributed by atoms with Crippen LogP contribution in [0.2, 0.25) is 0 Å². The molecule has 0 saturated heterocycles. The Kier molecular flexibility index (Phi) is 7.84. The Bertz CT molecular complexity index is 1580. The number of aliphatic hydroxyl groups excluding tert-OH is 1. The zero-order valence-electron chi connectivity index (χ0n) is 20.9. The first-order valence-corrected chi connectivity index (χ1v) is 12.7. The van der Waals surface area contributed by atoms with Crippen LogP contribution in [-0.2, 0) is 16.6 Å². The van der Waals surface area contributed by atoms with Crippen LogP contribution in [0.15, 0.2) is 72.5 Å². The topological polar surface area (TPSA) is 146 Å². The third kappa shape index (κ3) is 5.71. The Morgan fingerprint density at radius 2 is 1.79 bits per heavy atom. The van der Waals surface area contributed by atoms with Gasteiger partial charge in [-0.2, -0.15) is 13.4 Å². The molecule has 3 heterocycles. The Morgan fingerprint density at radius 1 is 1.03 bits per heavy atom. The summed E-state index contributed by atoms with van der Waals surface area (Å²) in [4.78, 5) is 17.0. The van der Waals surface area contributed by atoms with Crippen LogP contribution >= 0.6 is 0 Å². The molecule has 0 aliphatic heterocycles. The minimum absolute atomic E-state index is 0.0495. The van der Waals surface area contributed by atoms with Crippen LogP contribution in [0, 0.1) is 0 Å². The van der Waals surface area contributed by atoms with E-state index < -0.39 is 10.0 Å². The number of anilines is 1. The summed E-state index contributed by atoms with van der Waals surface area (Å²) in [6.07, 6.45) is 2.90. The van der Waals surface area contributed by atoms with Crippen molar-refractivity contribution in [2.24, 2.45) is 0 Å². The van der Waals surface area contributed by atoms with E-state index in [1.54, 1.807) is 49.4 Å². The first-order chi connectivity index (χ1) is 18.2. The van der Waals surface area contributed by atoms with Gasteiger partial charge in [0.1, 0.15) is 0 Å². The molecule has 0 unspecified atom stereocenters. The Balaban J connectivity index is 1.86. The number of sulfonamides is 1. The standard InChI is InChI=1S/C26H25N5O6S/c1-16(2)18-9-10-22(28-14-18)38(33,34)31-25-23(37-21-8-6-5-7-20(21)35-3)26(36-4)30-24(29-25)17-11-12-27-19(13-17)15-32/h5-14,32H,1,15H2,2-4H3,(H,29,30,31). The summed E-state index contributed by atoms with van der Waals surface area (Å²) in [7, 11) is -1.38. The number of benzene rings is 1. The van der Waals surface area contributed by atoms with E-state index in [2.05, 4.69) is 31.2 Å². The molecule has 0 bridgehead atoms. The third-order valence-electron chi connectivity index (χ3n) is 5.28. The molecule has 0 amide bonds. The van der Waals surface area contributed by atoms with Crippen molar-refractivity contribution in [1.82, 2.24) is 19.9 Å². The maximum Gasteiger partial charge on any atom is 0.280 e. The van der Waals surface area contributed by atoms with Gasteiger partial charge in [0.15, 0.2) is 28.2 Å². The number of allylic oxidation sites excluding steroid dienone is 1. The number of aromatic nitrogens is 4. The van der Waals surface area contributed by atoms with Crippen molar-refractivity contribution in [3.63, 3.8) is 0 Å². The normalized spacial score (nSPS) is 11.1. The Labute approximate surface area is 219 Å². The first-order valence-electron chi connectivity index (χ1n) is 11.2. The highest BCUT2D eigenvalue weighted by Gasteiger charge is 2.25. The van der Waals surface area contributed by atoms with Gasteiger partial charge in [-0.3, -0.25) is 9.71 Å². The zero-order chi connectivity index (χ0) is 27.3. The van der Waals surface area contributed by atoms with Gasteiger partial charge in [0.05, 0.1) is 26.5 Å². The molecule has 0 spiro atoms. The summed E-state index contributed by atoms with van der Waals surface area (Å²) in [6, 6.07) is 13.0. The lowest BCUT2D eigenvalue weighted by atomic mass is 10.2. The van der Waals surface area contributed by atoms with E-state index in [1.807, 2.05) is 0 Å². The number of aliphatic hydroxyl groups is 1. The molecule has 0 fully saturated rings. The van der Waals surface area contributed by atoms with E-state index in [4.69, 9.17) is 14.2 Å². The summed E-state index contributed by atoms with van der Waals surface area (Å²) in [6.45, 7) is 5.33. The van der Waals surface area contributed by atoms with Crippen molar-refractivity contribution in [3.8, 4) is 34.5 Å².